The number of aromatic nitrogens is 1. The number of nitrogens with one attached hydrogen (secondary N) is 1. The van der Waals surface area contributed by atoms with Crippen LogP contribution in [0.4, 0.5) is 5.13 Å². The Morgan fingerprint density at radius 2 is 2.33 bits per heavy atom. The number of hydrogen-bond acceptors (Lipinski definition) is 5. The molecule has 1 saturated heterocycles. The van der Waals surface area contributed by atoms with Crippen LogP contribution in [0.2, 0.25) is 5.15 Å². The average Bonchev–Trinajstić information content (AvgIpc) is 3.00. The molecule has 1 N–H and O–H groups in total. The van der Waals surface area contributed by atoms with Crippen LogP contribution in [0.5, 0.6) is 0 Å². The number of hydrogen-bond donors (Lipinski definition) is 1. The molecule has 2 fully saturated rings. The first-order valence-electron chi connectivity index (χ1n) is 6.30. The fourth-order valence-electron chi connectivity index (χ4n) is 2.48. The van der Waals surface area contributed by atoms with Gasteiger partial charge in [0.15, 0.2) is 10.3 Å². The van der Waals surface area contributed by atoms with Crippen LogP contribution in [0.25, 0.3) is 0 Å². The van der Waals surface area contributed by atoms with Crippen LogP contribution in [0, 0.1) is 17.2 Å². The van der Waals surface area contributed by atoms with Crippen molar-refractivity contribution in [2.75, 3.05) is 25.0 Å². The zero-order valence-corrected chi connectivity index (χ0v) is 11.6. The second-order valence-electron chi connectivity index (χ2n) is 5.01. The number of thiazole rings is 1. The number of nitriles is 1. The molecule has 3 rings (SSSR count). The maximum absolute atomic E-state index is 8.82. The summed E-state index contributed by atoms with van der Waals surface area (Å²) in [6, 6.07) is 2.92. The molecule has 96 valence electrons. The second kappa shape index (κ2) is 5.04. The van der Waals surface area contributed by atoms with Crippen LogP contribution in [0.1, 0.15) is 24.1 Å². The van der Waals surface area contributed by atoms with Crippen molar-refractivity contribution in [2.45, 2.75) is 25.3 Å². The summed E-state index contributed by atoms with van der Waals surface area (Å²) in [4.78, 5) is 7.24. The second-order valence-corrected chi connectivity index (χ2v) is 6.37. The highest BCUT2D eigenvalue weighted by molar-refractivity contribution is 7.16. The standard InChI is InChI=1S/C12H15ClN4S/c13-11-10(5-14)18-12(16-11)15-6-8-3-4-17(7-8)9-1-2-9/h8-9H,1-4,6-7H2,(H,15,16). The van der Waals surface area contributed by atoms with Gasteiger partial charge in [-0.2, -0.15) is 5.26 Å². The van der Waals surface area contributed by atoms with Gasteiger partial charge in [0.05, 0.1) is 0 Å². The molecule has 0 amide bonds. The molecule has 2 aliphatic rings. The van der Waals surface area contributed by atoms with Gasteiger partial charge >= 0.3 is 0 Å². The third-order valence-corrected chi connectivity index (χ3v) is 4.91. The highest BCUT2D eigenvalue weighted by Gasteiger charge is 2.34. The van der Waals surface area contributed by atoms with E-state index in [1.54, 1.807) is 0 Å². The Balaban J connectivity index is 1.50. The van der Waals surface area contributed by atoms with Crippen LogP contribution < -0.4 is 5.32 Å². The van der Waals surface area contributed by atoms with Gasteiger partial charge in [0, 0.05) is 19.1 Å². The van der Waals surface area contributed by atoms with Crippen LogP contribution in [0.15, 0.2) is 0 Å². The van der Waals surface area contributed by atoms with Crippen molar-refractivity contribution < 1.29 is 0 Å². The molecule has 1 aliphatic heterocycles. The molecule has 2 heterocycles. The zero-order chi connectivity index (χ0) is 12.5. The lowest BCUT2D eigenvalue weighted by Crippen LogP contribution is -2.24. The Morgan fingerprint density at radius 1 is 1.50 bits per heavy atom. The van der Waals surface area contributed by atoms with Gasteiger partial charge in [-0.05, 0) is 31.7 Å². The molecule has 1 atom stereocenters. The van der Waals surface area contributed by atoms with E-state index < -0.39 is 0 Å². The largest absolute Gasteiger partial charge is 0.361 e. The van der Waals surface area contributed by atoms with Gasteiger partial charge in [-0.25, -0.2) is 4.98 Å². The average molecular weight is 283 g/mol. The molecule has 18 heavy (non-hydrogen) atoms. The number of rotatable bonds is 4. The highest BCUT2D eigenvalue weighted by Crippen LogP contribution is 2.32. The van der Waals surface area contributed by atoms with Crippen molar-refractivity contribution in [3.05, 3.63) is 10.0 Å². The summed E-state index contributed by atoms with van der Waals surface area (Å²) >= 11 is 7.18. The SMILES string of the molecule is N#Cc1sc(NCC2CCN(C3CC3)C2)nc1Cl. The molecule has 1 aliphatic carbocycles. The van der Waals surface area contributed by atoms with Gasteiger partial charge in [-0.15, -0.1) is 0 Å². The fraction of sp³-hybridized carbons (Fsp3) is 0.667. The Labute approximate surface area is 116 Å². The summed E-state index contributed by atoms with van der Waals surface area (Å²) in [5.74, 6) is 0.693. The molecule has 0 radical (unpaired) electrons. The van der Waals surface area contributed by atoms with Crippen molar-refractivity contribution in [1.82, 2.24) is 9.88 Å². The minimum Gasteiger partial charge on any atom is -0.361 e. The lowest BCUT2D eigenvalue weighted by atomic mass is 10.1. The van der Waals surface area contributed by atoms with Crippen LogP contribution in [-0.4, -0.2) is 35.6 Å². The van der Waals surface area contributed by atoms with Gasteiger partial charge in [0.1, 0.15) is 10.9 Å². The zero-order valence-electron chi connectivity index (χ0n) is 10.0. The lowest BCUT2D eigenvalue weighted by molar-refractivity contribution is 0.316. The predicted molar refractivity (Wildman–Crippen MR) is 73.0 cm³/mol. The topological polar surface area (TPSA) is 52.0 Å². The molecule has 6 heteroatoms. The highest BCUT2D eigenvalue weighted by atomic mass is 35.5. The third-order valence-electron chi connectivity index (χ3n) is 3.61. The quantitative estimate of drug-likeness (QED) is 0.922. The van der Waals surface area contributed by atoms with E-state index in [0.29, 0.717) is 15.9 Å². The van der Waals surface area contributed by atoms with E-state index in [9.17, 15) is 0 Å². The van der Waals surface area contributed by atoms with Crippen molar-refractivity contribution in [2.24, 2.45) is 5.92 Å². The molecule has 1 saturated carbocycles. The summed E-state index contributed by atoms with van der Waals surface area (Å²) in [5, 5.41) is 13.2. The molecule has 1 unspecified atom stereocenters. The molecule has 1 aromatic rings. The Hall–Kier alpha value is -0.830. The normalized spacial score (nSPS) is 24.1. The molecule has 0 aromatic carbocycles. The van der Waals surface area contributed by atoms with E-state index in [2.05, 4.69) is 15.2 Å². The first-order valence-corrected chi connectivity index (χ1v) is 7.50. The monoisotopic (exact) mass is 282 g/mol. The van der Waals surface area contributed by atoms with Crippen molar-refractivity contribution in [1.29, 1.82) is 5.26 Å². The van der Waals surface area contributed by atoms with Gasteiger partial charge in [-0.3, -0.25) is 0 Å². The first-order chi connectivity index (χ1) is 8.76. The molecular formula is C12H15ClN4S. The van der Waals surface area contributed by atoms with E-state index in [0.717, 1.165) is 17.7 Å². The van der Waals surface area contributed by atoms with Crippen molar-refractivity contribution >= 4 is 28.1 Å². The summed E-state index contributed by atoms with van der Waals surface area (Å²) in [6.07, 6.45) is 4.02. The van der Waals surface area contributed by atoms with E-state index >= 15 is 0 Å². The fourth-order valence-corrected chi connectivity index (χ4v) is 3.43. The summed E-state index contributed by atoms with van der Waals surface area (Å²) in [7, 11) is 0. The molecule has 0 spiro atoms. The van der Waals surface area contributed by atoms with Gasteiger partial charge < -0.3 is 10.2 Å². The van der Waals surface area contributed by atoms with Crippen molar-refractivity contribution in [3.8, 4) is 6.07 Å². The van der Waals surface area contributed by atoms with E-state index in [4.69, 9.17) is 16.9 Å². The smallest absolute Gasteiger partial charge is 0.185 e. The Morgan fingerprint density at radius 3 is 3.00 bits per heavy atom. The number of anilines is 1. The minimum atomic E-state index is 0.316. The number of nitrogens with zero attached hydrogens (tertiary/aromatic N) is 3. The van der Waals surface area contributed by atoms with E-state index in [1.807, 2.05) is 6.07 Å². The Kier molecular flexibility index (Phi) is 3.42. The minimum absolute atomic E-state index is 0.316. The predicted octanol–water partition coefficient (Wildman–Crippen LogP) is 2.56. The summed E-state index contributed by atoms with van der Waals surface area (Å²) in [6.45, 7) is 3.36. The van der Waals surface area contributed by atoms with E-state index in [-0.39, 0.29) is 0 Å². The third kappa shape index (κ3) is 2.61. The maximum Gasteiger partial charge on any atom is 0.185 e. The van der Waals surface area contributed by atoms with Crippen LogP contribution in [-0.2, 0) is 0 Å². The van der Waals surface area contributed by atoms with Gasteiger partial charge in [0.2, 0.25) is 0 Å². The van der Waals surface area contributed by atoms with Gasteiger partial charge in [0.25, 0.3) is 0 Å². The molecule has 4 nitrogen and oxygen atoms in total. The molecule has 0 bridgehead atoms. The number of halogens is 1. The van der Waals surface area contributed by atoms with Gasteiger partial charge in [-0.1, -0.05) is 22.9 Å². The Bertz CT molecular complexity index is 477. The summed E-state index contributed by atoms with van der Waals surface area (Å²) < 4.78 is 0. The summed E-state index contributed by atoms with van der Waals surface area (Å²) in [5.41, 5.74) is 0. The van der Waals surface area contributed by atoms with Crippen LogP contribution in [0.3, 0.4) is 0 Å². The van der Waals surface area contributed by atoms with Crippen molar-refractivity contribution in [3.63, 3.8) is 0 Å². The van der Waals surface area contributed by atoms with E-state index in [1.165, 1.54) is 43.7 Å². The molecular weight excluding hydrogens is 268 g/mol. The maximum atomic E-state index is 8.82. The first kappa shape index (κ1) is 12.2. The lowest BCUT2D eigenvalue weighted by Gasteiger charge is -2.14. The number of likely N-dealkylation sites (tertiary alicyclic amines) is 1. The molecule has 1 aromatic heterocycles. The van der Waals surface area contributed by atoms with Crippen LogP contribution >= 0.6 is 22.9 Å².